The van der Waals surface area contributed by atoms with Gasteiger partial charge in [0.15, 0.2) is 10.8 Å². The van der Waals surface area contributed by atoms with Crippen LogP contribution in [0.2, 0.25) is 0 Å². The van der Waals surface area contributed by atoms with Crippen LogP contribution in [0.5, 0.6) is 0 Å². The summed E-state index contributed by atoms with van der Waals surface area (Å²) in [5.74, 6) is -5.47. The highest BCUT2D eigenvalue weighted by molar-refractivity contribution is 7.11. The fraction of sp³-hybridized carbons (Fsp3) is 0.533. The molecule has 14 heteroatoms. The number of benzene rings is 1. The standard InChI is InChI=1S/C30H35F4N5O4S/c1-5-43-27(40)22-19(36-25(26-35-10-12-44-26)37-23(22)17-7-6-8-18(31)16(17)2)13-39-15-30(33,34)24-20(39)9-11-38(24)14-21(32)29(3,4)28(41)42/h6-8,10,12,20-21,23-24H,5,9,11,13-15H2,1-4H3,(H,36,37)(H,41,42)/t20-,21+,23-,24+/m0/s1. The lowest BCUT2D eigenvalue weighted by Crippen LogP contribution is -2.50. The third-order valence-corrected chi connectivity index (χ3v) is 9.52. The number of aliphatic imine (C=N–C) groups is 1. The molecule has 3 aliphatic heterocycles. The van der Waals surface area contributed by atoms with E-state index in [1.807, 2.05) is 0 Å². The van der Waals surface area contributed by atoms with Gasteiger partial charge >= 0.3 is 11.9 Å². The zero-order chi connectivity index (χ0) is 32.0. The highest BCUT2D eigenvalue weighted by atomic mass is 32.1. The number of fused-ring (bicyclic) bond motifs is 1. The molecule has 44 heavy (non-hydrogen) atoms. The second-order valence-corrected chi connectivity index (χ2v) is 12.8. The Morgan fingerprint density at radius 1 is 1.30 bits per heavy atom. The van der Waals surface area contributed by atoms with Gasteiger partial charge in [0, 0.05) is 43.0 Å². The molecule has 0 aliphatic carbocycles. The van der Waals surface area contributed by atoms with Crippen molar-refractivity contribution in [2.75, 3.05) is 32.8 Å². The third-order valence-electron chi connectivity index (χ3n) is 8.74. The van der Waals surface area contributed by atoms with Crippen LogP contribution in [-0.4, -0.2) is 94.6 Å². The molecule has 4 heterocycles. The number of likely N-dealkylation sites (tertiary alicyclic amines) is 2. The molecule has 9 nitrogen and oxygen atoms in total. The first-order chi connectivity index (χ1) is 20.8. The van der Waals surface area contributed by atoms with E-state index in [0.29, 0.717) is 22.8 Å². The van der Waals surface area contributed by atoms with E-state index in [0.717, 1.165) is 0 Å². The Hall–Kier alpha value is -3.36. The number of hydrogen-bond donors (Lipinski definition) is 2. The molecule has 0 saturated carbocycles. The van der Waals surface area contributed by atoms with Crippen LogP contribution in [-0.2, 0) is 14.3 Å². The summed E-state index contributed by atoms with van der Waals surface area (Å²) in [5.41, 5.74) is -0.677. The van der Waals surface area contributed by atoms with E-state index in [4.69, 9.17) is 9.73 Å². The van der Waals surface area contributed by atoms with Crippen LogP contribution in [0.3, 0.4) is 0 Å². The van der Waals surface area contributed by atoms with Gasteiger partial charge in [0.2, 0.25) is 0 Å². The number of alkyl halides is 3. The SMILES string of the molecule is CCOC(=O)C1=C(CN2CC(F)(F)[C@H]3[C@@H]2CCN3C[C@@H](F)C(C)(C)C(=O)O)NC(c2nccs2)=N[C@H]1c1cccc(F)c1C. The number of halogens is 4. The summed E-state index contributed by atoms with van der Waals surface area (Å²) in [5, 5.41) is 14.8. The first kappa shape index (κ1) is 32.0. The quantitative estimate of drug-likeness (QED) is 0.293. The Labute approximate surface area is 256 Å². The van der Waals surface area contributed by atoms with E-state index in [9.17, 15) is 19.1 Å². The van der Waals surface area contributed by atoms with Gasteiger partial charge in [-0.05, 0) is 51.3 Å². The molecular weight excluding hydrogens is 602 g/mol. The summed E-state index contributed by atoms with van der Waals surface area (Å²) in [7, 11) is 0. The normalized spacial score (nSPS) is 24.5. The zero-order valence-electron chi connectivity index (χ0n) is 24.8. The number of carbonyl (C=O) groups is 2. The second-order valence-electron chi connectivity index (χ2n) is 11.9. The van der Waals surface area contributed by atoms with Crippen LogP contribution in [0.4, 0.5) is 17.6 Å². The van der Waals surface area contributed by atoms with Crippen molar-refractivity contribution in [2.45, 2.75) is 64.3 Å². The maximum atomic E-state index is 15.7. The highest BCUT2D eigenvalue weighted by Crippen LogP contribution is 2.43. The Balaban J connectivity index is 1.51. The largest absolute Gasteiger partial charge is 0.481 e. The van der Waals surface area contributed by atoms with Gasteiger partial charge in [-0.25, -0.2) is 27.3 Å². The van der Waals surface area contributed by atoms with Crippen molar-refractivity contribution in [1.29, 1.82) is 0 Å². The number of amidine groups is 1. The molecule has 2 fully saturated rings. The van der Waals surface area contributed by atoms with Crippen molar-refractivity contribution in [3.63, 3.8) is 0 Å². The van der Waals surface area contributed by atoms with Crippen molar-refractivity contribution >= 4 is 29.1 Å². The molecule has 0 spiro atoms. The molecule has 3 aliphatic rings. The van der Waals surface area contributed by atoms with Crippen molar-refractivity contribution in [2.24, 2.45) is 10.4 Å². The molecule has 2 N–H and O–H groups in total. The molecule has 4 atom stereocenters. The van der Waals surface area contributed by atoms with Gasteiger partial charge in [0.1, 0.15) is 18.0 Å². The van der Waals surface area contributed by atoms with E-state index >= 15 is 13.2 Å². The Bertz CT molecular complexity index is 1480. The number of aliphatic carboxylic acids is 1. The highest BCUT2D eigenvalue weighted by Gasteiger charge is 2.60. The van der Waals surface area contributed by atoms with E-state index in [1.54, 1.807) is 36.4 Å². The number of thiazole rings is 1. The van der Waals surface area contributed by atoms with Crippen LogP contribution in [0, 0.1) is 18.2 Å². The van der Waals surface area contributed by atoms with Crippen molar-refractivity contribution in [3.8, 4) is 0 Å². The van der Waals surface area contributed by atoms with Gasteiger partial charge < -0.3 is 15.2 Å². The van der Waals surface area contributed by atoms with Crippen molar-refractivity contribution in [1.82, 2.24) is 20.1 Å². The summed E-state index contributed by atoms with van der Waals surface area (Å²) < 4.78 is 66.5. The zero-order valence-corrected chi connectivity index (χ0v) is 25.6. The van der Waals surface area contributed by atoms with Gasteiger partial charge in [-0.1, -0.05) is 12.1 Å². The topological polar surface area (TPSA) is 107 Å². The van der Waals surface area contributed by atoms with Crippen molar-refractivity contribution in [3.05, 3.63) is 63.0 Å². The minimum atomic E-state index is -3.24. The number of carbonyl (C=O) groups excluding carboxylic acids is 1. The van der Waals surface area contributed by atoms with Gasteiger partial charge in [0.05, 0.1) is 30.2 Å². The van der Waals surface area contributed by atoms with E-state index in [1.165, 1.54) is 42.2 Å². The third kappa shape index (κ3) is 5.86. The molecular formula is C30H35F4N5O4S. The fourth-order valence-electron chi connectivity index (χ4n) is 6.16. The molecule has 1 aromatic carbocycles. The first-order valence-electron chi connectivity index (χ1n) is 14.4. The lowest BCUT2D eigenvalue weighted by atomic mass is 9.87. The van der Waals surface area contributed by atoms with E-state index < -0.39 is 66.5 Å². The average molecular weight is 638 g/mol. The Morgan fingerprint density at radius 3 is 2.70 bits per heavy atom. The molecule has 2 saturated heterocycles. The van der Waals surface area contributed by atoms with E-state index in [2.05, 4.69) is 10.3 Å². The number of carboxylic acids is 1. The molecule has 0 bridgehead atoms. The average Bonchev–Trinajstić information content (AvgIpc) is 3.69. The maximum absolute atomic E-state index is 15.7. The van der Waals surface area contributed by atoms with Gasteiger partial charge in [-0.15, -0.1) is 11.3 Å². The predicted molar refractivity (Wildman–Crippen MR) is 156 cm³/mol. The van der Waals surface area contributed by atoms with Crippen molar-refractivity contribution < 1.29 is 37.0 Å². The van der Waals surface area contributed by atoms with Crippen LogP contribution >= 0.6 is 11.3 Å². The smallest absolute Gasteiger partial charge is 0.338 e. The molecule has 2 aromatic rings. The molecule has 1 aromatic heterocycles. The number of rotatable bonds is 10. The molecule has 0 unspecified atom stereocenters. The number of nitrogens with one attached hydrogen (secondary N) is 1. The van der Waals surface area contributed by atoms with Crippen LogP contribution in [0.15, 0.2) is 46.0 Å². The minimum Gasteiger partial charge on any atom is -0.481 e. The van der Waals surface area contributed by atoms with Gasteiger partial charge in [-0.2, -0.15) is 0 Å². The van der Waals surface area contributed by atoms with Gasteiger partial charge in [-0.3, -0.25) is 19.6 Å². The summed E-state index contributed by atoms with van der Waals surface area (Å²) in [6, 6.07) is 1.45. The number of ether oxygens (including phenoxy) is 1. The number of esters is 1. The van der Waals surface area contributed by atoms with Crippen LogP contribution in [0.1, 0.15) is 49.4 Å². The number of nitrogens with zero attached hydrogens (tertiary/aromatic N) is 4. The number of hydrogen-bond acceptors (Lipinski definition) is 9. The summed E-state index contributed by atoms with van der Waals surface area (Å²) in [6.07, 6.45) is 0.0101. The van der Waals surface area contributed by atoms with E-state index in [-0.39, 0.29) is 36.5 Å². The summed E-state index contributed by atoms with van der Waals surface area (Å²) >= 11 is 1.29. The maximum Gasteiger partial charge on any atom is 0.338 e. The molecule has 0 radical (unpaired) electrons. The number of aromatic nitrogens is 1. The van der Waals surface area contributed by atoms with Crippen LogP contribution in [0.25, 0.3) is 0 Å². The Kier molecular flexibility index (Phi) is 8.89. The second kappa shape index (κ2) is 12.2. The Morgan fingerprint density at radius 2 is 2.05 bits per heavy atom. The van der Waals surface area contributed by atoms with Crippen LogP contribution < -0.4 is 5.32 Å². The first-order valence-corrected chi connectivity index (χ1v) is 15.3. The minimum absolute atomic E-state index is 0.0477. The molecule has 5 rings (SSSR count). The predicted octanol–water partition coefficient (Wildman–Crippen LogP) is 4.34. The summed E-state index contributed by atoms with van der Waals surface area (Å²) in [4.78, 5) is 37.0. The fourth-order valence-corrected chi connectivity index (χ4v) is 6.75. The summed E-state index contributed by atoms with van der Waals surface area (Å²) in [6.45, 7) is 4.69. The monoisotopic (exact) mass is 637 g/mol. The number of carboxylic acid groups (broad SMARTS) is 1. The lowest BCUT2D eigenvalue weighted by molar-refractivity contribution is -0.151. The lowest BCUT2D eigenvalue weighted by Gasteiger charge is -2.33. The molecule has 238 valence electrons. The van der Waals surface area contributed by atoms with Gasteiger partial charge in [0.25, 0.3) is 5.92 Å². The molecule has 0 amide bonds.